The number of anilines is 1. The van der Waals surface area contributed by atoms with E-state index < -0.39 is 0 Å². The number of nitrogens with zero attached hydrogens (tertiary/aromatic N) is 2. The molecule has 0 radical (unpaired) electrons. The summed E-state index contributed by atoms with van der Waals surface area (Å²) in [7, 11) is 0. The van der Waals surface area contributed by atoms with Gasteiger partial charge in [0.05, 0.1) is 11.7 Å². The molecule has 2 aromatic rings. The minimum atomic E-state index is 0.102. The number of nitrogens with one attached hydrogen (secondary N) is 1. The summed E-state index contributed by atoms with van der Waals surface area (Å²) in [6, 6.07) is 4.80. The zero-order valence-electron chi connectivity index (χ0n) is 11.1. The topological polar surface area (TPSA) is 29.9 Å². The molecule has 18 heavy (non-hydrogen) atoms. The third kappa shape index (κ3) is 1.94. The number of hydrogen-bond acceptors (Lipinski definition) is 3. The zero-order valence-corrected chi connectivity index (χ0v) is 11.9. The monoisotopic (exact) mass is 261 g/mol. The summed E-state index contributed by atoms with van der Waals surface area (Å²) in [5, 5.41) is 12.6. The Labute approximate surface area is 112 Å². The van der Waals surface area contributed by atoms with Crippen LogP contribution in [0.4, 0.5) is 5.82 Å². The molecule has 0 fully saturated rings. The van der Waals surface area contributed by atoms with Crippen molar-refractivity contribution in [3.8, 4) is 0 Å². The minimum Gasteiger partial charge on any atom is -0.370 e. The van der Waals surface area contributed by atoms with E-state index in [0.29, 0.717) is 6.04 Å². The van der Waals surface area contributed by atoms with Crippen LogP contribution in [0.1, 0.15) is 44.5 Å². The molecule has 1 atom stereocenters. The van der Waals surface area contributed by atoms with Gasteiger partial charge in [-0.1, -0.05) is 20.8 Å². The summed E-state index contributed by atoms with van der Waals surface area (Å²) in [4.78, 5) is 0. The van der Waals surface area contributed by atoms with E-state index in [1.54, 1.807) is 11.3 Å². The number of thiophene rings is 1. The second-order valence-corrected chi connectivity index (χ2v) is 6.68. The minimum absolute atomic E-state index is 0.102. The normalized spacial score (nSPS) is 19.4. The first kappa shape index (κ1) is 11.8. The maximum absolute atomic E-state index is 4.82. The van der Waals surface area contributed by atoms with Crippen molar-refractivity contribution in [2.24, 2.45) is 0 Å². The van der Waals surface area contributed by atoms with Gasteiger partial charge in [-0.05, 0) is 28.8 Å². The van der Waals surface area contributed by atoms with Crippen LogP contribution >= 0.6 is 11.3 Å². The van der Waals surface area contributed by atoms with Crippen LogP contribution in [0.2, 0.25) is 0 Å². The van der Waals surface area contributed by atoms with E-state index in [2.05, 4.69) is 53.7 Å². The van der Waals surface area contributed by atoms with Gasteiger partial charge in [-0.2, -0.15) is 16.4 Å². The van der Waals surface area contributed by atoms with Crippen LogP contribution in [0.15, 0.2) is 22.9 Å². The average Bonchev–Trinajstić information content (AvgIpc) is 2.96. The Balaban J connectivity index is 2.03. The Morgan fingerprint density at radius 2 is 2.28 bits per heavy atom. The van der Waals surface area contributed by atoms with E-state index >= 15 is 0 Å². The summed E-state index contributed by atoms with van der Waals surface area (Å²) >= 11 is 1.76. The predicted octanol–water partition coefficient (Wildman–Crippen LogP) is 3.65. The molecule has 1 unspecified atom stereocenters. The highest BCUT2D eigenvalue weighted by Crippen LogP contribution is 2.33. The van der Waals surface area contributed by atoms with Crippen molar-refractivity contribution < 1.29 is 0 Å². The molecule has 1 aliphatic heterocycles. The molecule has 1 aliphatic rings. The van der Waals surface area contributed by atoms with Gasteiger partial charge < -0.3 is 5.32 Å². The summed E-state index contributed by atoms with van der Waals surface area (Å²) in [5.41, 5.74) is 2.64. The SMILES string of the molecule is CC(C)(C)c1cc2n(n1)C(c1ccsc1)CCN2. The molecule has 3 nitrogen and oxygen atoms in total. The van der Waals surface area contributed by atoms with Crippen LogP contribution in [0.5, 0.6) is 0 Å². The molecule has 0 saturated carbocycles. The van der Waals surface area contributed by atoms with Gasteiger partial charge in [-0.25, -0.2) is 4.68 Å². The first-order valence-corrected chi connectivity index (χ1v) is 7.36. The van der Waals surface area contributed by atoms with Crippen LogP contribution in [0.25, 0.3) is 0 Å². The maximum Gasteiger partial charge on any atom is 0.125 e. The highest BCUT2D eigenvalue weighted by Gasteiger charge is 2.26. The largest absolute Gasteiger partial charge is 0.370 e. The van der Waals surface area contributed by atoms with Crippen LogP contribution in [-0.4, -0.2) is 16.3 Å². The van der Waals surface area contributed by atoms with Gasteiger partial charge in [-0.15, -0.1) is 0 Å². The fraction of sp³-hybridized carbons (Fsp3) is 0.500. The first-order chi connectivity index (χ1) is 8.55. The van der Waals surface area contributed by atoms with Crippen molar-refractivity contribution in [3.05, 3.63) is 34.2 Å². The molecule has 0 saturated heterocycles. The van der Waals surface area contributed by atoms with Crippen molar-refractivity contribution in [2.45, 2.75) is 38.6 Å². The second kappa shape index (κ2) is 4.12. The molecular formula is C14H19N3S. The lowest BCUT2D eigenvalue weighted by molar-refractivity contribution is 0.463. The molecule has 2 aromatic heterocycles. The maximum atomic E-state index is 4.82. The van der Waals surface area contributed by atoms with E-state index in [0.717, 1.165) is 24.5 Å². The molecule has 0 aliphatic carbocycles. The van der Waals surface area contributed by atoms with Crippen molar-refractivity contribution in [2.75, 3.05) is 11.9 Å². The van der Waals surface area contributed by atoms with Crippen molar-refractivity contribution in [1.82, 2.24) is 9.78 Å². The molecule has 4 heteroatoms. The van der Waals surface area contributed by atoms with E-state index in [9.17, 15) is 0 Å². The van der Waals surface area contributed by atoms with Gasteiger partial charge in [0.1, 0.15) is 5.82 Å². The molecular weight excluding hydrogens is 242 g/mol. The molecule has 0 spiro atoms. The second-order valence-electron chi connectivity index (χ2n) is 5.90. The van der Waals surface area contributed by atoms with E-state index in [1.807, 2.05) is 0 Å². The quantitative estimate of drug-likeness (QED) is 0.849. The van der Waals surface area contributed by atoms with Gasteiger partial charge >= 0.3 is 0 Å². The Morgan fingerprint density at radius 3 is 2.94 bits per heavy atom. The van der Waals surface area contributed by atoms with Crippen LogP contribution in [-0.2, 0) is 5.41 Å². The third-order valence-electron chi connectivity index (χ3n) is 3.45. The highest BCUT2D eigenvalue weighted by atomic mass is 32.1. The molecule has 3 rings (SSSR count). The molecule has 0 bridgehead atoms. The van der Waals surface area contributed by atoms with E-state index in [1.165, 1.54) is 5.56 Å². The highest BCUT2D eigenvalue weighted by molar-refractivity contribution is 7.07. The molecule has 96 valence electrons. The average molecular weight is 261 g/mol. The summed E-state index contributed by atoms with van der Waals surface area (Å²) in [6.07, 6.45) is 1.11. The van der Waals surface area contributed by atoms with Gasteiger partial charge in [-0.3, -0.25) is 0 Å². The van der Waals surface area contributed by atoms with Crippen molar-refractivity contribution in [1.29, 1.82) is 0 Å². The third-order valence-corrected chi connectivity index (χ3v) is 4.15. The smallest absolute Gasteiger partial charge is 0.125 e. The van der Waals surface area contributed by atoms with Crippen LogP contribution in [0, 0.1) is 0 Å². The van der Waals surface area contributed by atoms with Gasteiger partial charge in [0.15, 0.2) is 0 Å². The van der Waals surface area contributed by atoms with Crippen molar-refractivity contribution >= 4 is 17.2 Å². The fourth-order valence-electron chi connectivity index (χ4n) is 2.36. The molecule has 3 heterocycles. The summed E-state index contributed by atoms with van der Waals surface area (Å²) < 4.78 is 2.16. The number of hydrogen-bond donors (Lipinski definition) is 1. The van der Waals surface area contributed by atoms with Gasteiger partial charge in [0, 0.05) is 18.0 Å². The number of fused-ring (bicyclic) bond motifs is 1. The lowest BCUT2D eigenvalue weighted by Gasteiger charge is -2.25. The van der Waals surface area contributed by atoms with E-state index in [-0.39, 0.29) is 5.41 Å². The lowest BCUT2D eigenvalue weighted by Crippen LogP contribution is -2.24. The Morgan fingerprint density at radius 1 is 1.44 bits per heavy atom. The Hall–Kier alpha value is -1.29. The Bertz CT molecular complexity index is 534. The lowest BCUT2D eigenvalue weighted by atomic mass is 9.92. The van der Waals surface area contributed by atoms with Crippen molar-refractivity contribution in [3.63, 3.8) is 0 Å². The van der Waals surface area contributed by atoms with E-state index in [4.69, 9.17) is 5.10 Å². The van der Waals surface area contributed by atoms with Crippen LogP contribution in [0.3, 0.4) is 0 Å². The zero-order chi connectivity index (χ0) is 12.8. The fourth-order valence-corrected chi connectivity index (χ4v) is 3.07. The van der Waals surface area contributed by atoms with Crippen LogP contribution < -0.4 is 5.32 Å². The summed E-state index contributed by atoms with van der Waals surface area (Å²) in [6.45, 7) is 7.65. The first-order valence-electron chi connectivity index (χ1n) is 6.42. The molecule has 0 amide bonds. The standard InChI is InChI=1S/C14H19N3S/c1-14(2,3)12-8-13-15-6-4-11(17(13)16-12)10-5-7-18-9-10/h5,7-9,11,15H,4,6H2,1-3H3. The predicted molar refractivity (Wildman–Crippen MR) is 76.5 cm³/mol. The Kier molecular flexibility index (Phi) is 2.70. The number of rotatable bonds is 1. The summed E-state index contributed by atoms with van der Waals surface area (Å²) in [5.74, 6) is 1.15. The van der Waals surface area contributed by atoms with Gasteiger partial charge in [0.25, 0.3) is 0 Å². The molecule has 1 N–H and O–H groups in total. The molecule has 0 aromatic carbocycles. The van der Waals surface area contributed by atoms with Gasteiger partial charge in [0.2, 0.25) is 0 Å². The number of aromatic nitrogens is 2.